The van der Waals surface area contributed by atoms with E-state index in [1.807, 2.05) is 0 Å². The first-order valence-corrected chi connectivity index (χ1v) is 13.7. The van der Waals surface area contributed by atoms with Gasteiger partial charge in [-0.2, -0.15) is 0 Å². The lowest BCUT2D eigenvalue weighted by Crippen LogP contribution is -2.40. The molecule has 0 radical (unpaired) electrons. The number of hydrogen-bond acceptors (Lipinski definition) is 8. The Kier molecular flexibility index (Phi) is 7.82. The molecule has 8 nitrogen and oxygen atoms in total. The SMILES string of the molecule is O=C(ON1CCC[C@H]1C(=O)C1CCCC1)c1cccc(C(=O)ON2CCC[C@H]2C(=O)C2CCCC2)c1. The third kappa shape index (κ3) is 5.39. The van der Waals surface area contributed by atoms with Gasteiger partial charge in [-0.1, -0.05) is 31.7 Å². The molecule has 0 N–H and O–H groups in total. The van der Waals surface area contributed by atoms with Crippen molar-refractivity contribution in [3.63, 3.8) is 0 Å². The Labute approximate surface area is 212 Å². The highest BCUT2D eigenvalue weighted by molar-refractivity contribution is 5.95. The summed E-state index contributed by atoms with van der Waals surface area (Å²) in [4.78, 5) is 62.9. The quantitative estimate of drug-likeness (QED) is 0.527. The molecule has 2 saturated carbocycles. The lowest BCUT2D eigenvalue weighted by molar-refractivity contribution is -0.150. The molecular formula is C28H36N2O6. The van der Waals surface area contributed by atoms with E-state index in [1.165, 1.54) is 16.2 Å². The molecule has 4 fully saturated rings. The molecule has 1 aromatic rings. The van der Waals surface area contributed by atoms with E-state index >= 15 is 0 Å². The molecule has 5 rings (SSSR count). The number of hydroxylamine groups is 4. The predicted molar refractivity (Wildman–Crippen MR) is 131 cm³/mol. The van der Waals surface area contributed by atoms with Crippen molar-refractivity contribution in [1.29, 1.82) is 0 Å². The highest BCUT2D eigenvalue weighted by atomic mass is 16.7. The largest absolute Gasteiger partial charge is 0.363 e. The zero-order valence-corrected chi connectivity index (χ0v) is 20.9. The van der Waals surface area contributed by atoms with Crippen molar-refractivity contribution in [2.45, 2.75) is 89.1 Å². The van der Waals surface area contributed by atoms with Gasteiger partial charge in [-0.15, -0.1) is 10.1 Å². The molecule has 1 aromatic carbocycles. The molecule has 8 heteroatoms. The van der Waals surface area contributed by atoms with Gasteiger partial charge in [0.15, 0.2) is 11.6 Å². The summed E-state index contributed by atoms with van der Waals surface area (Å²) in [5, 5.41) is 3.05. The number of nitrogens with zero attached hydrogens (tertiary/aromatic N) is 2. The molecule has 2 atom stereocenters. The lowest BCUT2D eigenvalue weighted by Gasteiger charge is -2.25. The van der Waals surface area contributed by atoms with Crippen molar-refractivity contribution in [3.8, 4) is 0 Å². The standard InChI is InChI=1S/C28H36N2O6/c31-25(19-8-1-2-9-19)23-14-6-16-29(23)35-27(33)21-12-5-13-22(18-21)28(34)36-30-17-7-15-24(30)26(32)20-10-3-4-11-20/h5,12-13,18-20,23-24H,1-4,6-11,14-17H2/t23-,24-/m0/s1. The Morgan fingerprint density at radius 2 is 1.03 bits per heavy atom. The van der Waals surface area contributed by atoms with E-state index in [-0.39, 0.29) is 46.6 Å². The Hall–Kier alpha value is -2.58. The van der Waals surface area contributed by atoms with Gasteiger partial charge in [0.25, 0.3) is 0 Å². The van der Waals surface area contributed by atoms with Gasteiger partial charge in [0, 0.05) is 24.9 Å². The highest BCUT2D eigenvalue weighted by Gasteiger charge is 2.39. The van der Waals surface area contributed by atoms with Gasteiger partial charge in [-0.05, 0) is 69.6 Å². The topological polar surface area (TPSA) is 93.2 Å². The molecule has 0 aromatic heterocycles. The van der Waals surface area contributed by atoms with Gasteiger partial charge < -0.3 is 9.68 Å². The molecule has 194 valence electrons. The third-order valence-electron chi connectivity index (χ3n) is 8.31. The molecule has 0 bridgehead atoms. The van der Waals surface area contributed by atoms with Crippen LogP contribution in [-0.4, -0.2) is 58.8 Å². The summed E-state index contributed by atoms with van der Waals surface area (Å²) in [6, 6.07) is 5.49. The van der Waals surface area contributed by atoms with Gasteiger partial charge in [0.1, 0.15) is 12.1 Å². The smallest absolute Gasteiger partial charge is 0.357 e. The minimum absolute atomic E-state index is 0.0716. The van der Waals surface area contributed by atoms with E-state index < -0.39 is 11.9 Å². The molecule has 0 unspecified atom stereocenters. The van der Waals surface area contributed by atoms with Crippen molar-refractivity contribution in [2.24, 2.45) is 11.8 Å². The normalized spacial score (nSPS) is 25.9. The Balaban J connectivity index is 1.20. The Morgan fingerprint density at radius 1 is 0.611 bits per heavy atom. The van der Waals surface area contributed by atoms with Crippen LogP contribution in [0.15, 0.2) is 24.3 Å². The van der Waals surface area contributed by atoms with Crippen LogP contribution in [0.5, 0.6) is 0 Å². The van der Waals surface area contributed by atoms with Crippen LogP contribution in [0.2, 0.25) is 0 Å². The average molecular weight is 497 g/mol. The Bertz CT molecular complexity index is 922. The van der Waals surface area contributed by atoms with Crippen LogP contribution < -0.4 is 0 Å². The Morgan fingerprint density at radius 3 is 1.44 bits per heavy atom. The van der Waals surface area contributed by atoms with Crippen molar-refractivity contribution in [1.82, 2.24) is 10.1 Å². The van der Waals surface area contributed by atoms with Crippen molar-refractivity contribution < 1.29 is 28.9 Å². The van der Waals surface area contributed by atoms with Gasteiger partial charge in [-0.25, -0.2) is 9.59 Å². The number of Topliss-reactive ketones (excluding diaryl/α,β-unsaturated/α-hetero) is 2. The first-order chi connectivity index (χ1) is 17.5. The summed E-state index contributed by atoms with van der Waals surface area (Å²) in [5.74, 6) is -0.674. The molecule has 4 aliphatic rings. The minimum Gasteiger partial charge on any atom is -0.363 e. The molecule has 2 saturated heterocycles. The number of benzene rings is 1. The highest BCUT2D eigenvalue weighted by Crippen LogP contribution is 2.32. The van der Waals surface area contributed by atoms with Crippen LogP contribution in [0, 0.1) is 11.8 Å². The number of carbonyl (C=O) groups is 4. The van der Waals surface area contributed by atoms with Gasteiger partial charge in [0.05, 0.1) is 11.1 Å². The molecule has 0 spiro atoms. The van der Waals surface area contributed by atoms with E-state index in [4.69, 9.17) is 9.68 Å². The van der Waals surface area contributed by atoms with E-state index in [9.17, 15) is 19.2 Å². The summed E-state index contributed by atoms with van der Waals surface area (Å²) in [6.07, 6.45) is 11.0. The zero-order chi connectivity index (χ0) is 25.1. The first kappa shape index (κ1) is 25.1. The second-order valence-corrected chi connectivity index (χ2v) is 10.7. The fraction of sp³-hybridized carbons (Fsp3) is 0.643. The van der Waals surface area contributed by atoms with E-state index in [2.05, 4.69) is 0 Å². The second-order valence-electron chi connectivity index (χ2n) is 10.7. The van der Waals surface area contributed by atoms with Gasteiger partial charge >= 0.3 is 11.9 Å². The van der Waals surface area contributed by atoms with Crippen LogP contribution in [0.4, 0.5) is 0 Å². The second kappa shape index (κ2) is 11.2. The maximum Gasteiger partial charge on any atom is 0.357 e. The summed E-state index contributed by atoms with van der Waals surface area (Å²) in [6.45, 7) is 1.06. The molecular weight excluding hydrogens is 460 g/mol. The van der Waals surface area contributed by atoms with Crippen molar-refractivity contribution >= 4 is 23.5 Å². The molecule has 0 amide bonds. The predicted octanol–water partition coefficient (Wildman–Crippen LogP) is 4.28. The average Bonchev–Trinajstić information content (AvgIpc) is 3.70. The molecule has 2 aliphatic carbocycles. The van der Waals surface area contributed by atoms with E-state index in [0.717, 1.165) is 64.2 Å². The van der Waals surface area contributed by atoms with E-state index in [0.29, 0.717) is 25.9 Å². The van der Waals surface area contributed by atoms with Crippen LogP contribution in [-0.2, 0) is 19.3 Å². The summed E-state index contributed by atoms with van der Waals surface area (Å²) in [5.41, 5.74) is 0.451. The van der Waals surface area contributed by atoms with Gasteiger partial charge in [0.2, 0.25) is 0 Å². The maximum absolute atomic E-state index is 12.9. The third-order valence-corrected chi connectivity index (χ3v) is 8.31. The zero-order valence-electron chi connectivity index (χ0n) is 20.9. The van der Waals surface area contributed by atoms with Crippen LogP contribution >= 0.6 is 0 Å². The summed E-state index contributed by atoms with van der Waals surface area (Å²) < 4.78 is 0. The molecule has 2 heterocycles. The van der Waals surface area contributed by atoms with E-state index in [1.54, 1.807) is 18.2 Å². The van der Waals surface area contributed by atoms with Crippen molar-refractivity contribution in [2.75, 3.05) is 13.1 Å². The fourth-order valence-electron chi connectivity index (χ4n) is 6.32. The minimum atomic E-state index is -0.591. The number of rotatable bonds is 8. The van der Waals surface area contributed by atoms with Gasteiger partial charge in [-0.3, -0.25) is 9.59 Å². The molecule has 36 heavy (non-hydrogen) atoms. The fourth-order valence-corrected chi connectivity index (χ4v) is 6.32. The summed E-state index contributed by atoms with van der Waals surface area (Å²) >= 11 is 0. The van der Waals surface area contributed by atoms with Crippen LogP contribution in [0.25, 0.3) is 0 Å². The monoisotopic (exact) mass is 496 g/mol. The number of ketones is 2. The maximum atomic E-state index is 12.9. The number of carbonyl (C=O) groups excluding carboxylic acids is 4. The number of hydrogen-bond donors (Lipinski definition) is 0. The van der Waals surface area contributed by atoms with Crippen molar-refractivity contribution in [3.05, 3.63) is 35.4 Å². The summed E-state index contributed by atoms with van der Waals surface area (Å²) in [7, 11) is 0. The first-order valence-electron chi connectivity index (χ1n) is 13.7. The van der Waals surface area contributed by atoms with Crippen LogP contribution in [0.3, 0.4) is 0 Å². The lowest BCUT2D eigenvalue weighted by atomic mass is 9.96. The van der Waals surface area contributed by atoms with Crippen LogP contribution in [0.1, 0.15) is 97.8 Å². The molecule has 2 aliphatic heterocycles.